The summed E-state index contributed by atoms with van der Waals surface area (Å²) in [5, 5.41) is 6.19. The van der Waals surface area contributed by atoms with Crippen molar-refractivity contribution in [1.82, 2.24) is 0 Å². The number of nitrogens with one attached hydrogen (secondary N) is 1. The zero-order valence-electron chi connectivity index (χ0n) is 14.4. The summed E-state index contributed by atoms with van der Waals surface area (Å²) >= 11 is 11.9. The van der Waals surface area contributed by atoms with Crippen LogP contribution >= 0.6 is 23.2 Å². The minimum atomic E-state index is -0.617. The summed E-state index contributed by atoms with van der Waals surface area (Å²) in [6.07, 6.45) is 2.84. The molecule has 1 N–H and O–H groups in total. The third-order valence-electron chi connectivity index (χ3n) is 4.28. The van der Waals surface area contributed by atoms with E-state index in [2.05, 4.69) is 5.32 Å². The molecule has 0 atom stereocenters. The highest BCUT2D eigenvalue weighted by Gasteiger charge is 2.10. The molecule has 1 amide bonds. The molecule has 4 aromatic rings. The molecule has 4 nitrogen and oxygen atoms in total. The normalized spacial score (nSPS) is 11.4. The average Bonchev–Trinajstić information content (AvgIpc) is 2.68. The van der Waals surface area contributed by atoms with Crippen LogP contribution in [0.15, 0.2) is 76.0 Å². The zero-order chi connectivity index (χ0) is 19.7. The van der Waals surface area contributed by atoms with E-state index in [0.29, 0.717) is 21.2 Å². The number of rotatable bonds is 3. The Morgan fingerprint density at radius 2 is 1.79 bits per heavy atom. The highest BCUT2D eigenvalue weighted by molar-refractivity contribution is 6.35. The van der Waals surface area contributed by atoms with E-state index in [1.807, 2.05) is 30.3 Å². The van der Waals surface area contributed by atoms with Crippen LogP contribution in [0.25, 0.3) is 27.8 Å². The average molecular weight is 410 g/mol. The van der Waals surface area contributed by atoms with E-state index >= 15 is 0 Å². The molecule has 1 aromatic heterocycles. The molecule has 0 saturated carbocycles. The minimum Gasteiger partial charge on any atom is -0.421 e. The van der Waals surface area contributed by atoms with Gasteiger partial charge < -0.3 is 9.73 Å². The Morgan fingerprint density at radius 3 is 2.61 bits per heavy atom. The maximum atomic E-state index is 12.3. The summed E-state index contributed by atoms with van der Waals surface area (Å²) in [5.74, 6) is -0.474. The molecule has 4 rings (SSSR count). The van der Waals surface area contributed by atoms with Gasteiger partial charge in [-0.3, -0.25) is 4.79 Å². The second-order valence-corrected chi connectivity index (χ2v) is 6.98. The Bertz CT molecular complexity index is 1310. The van der Waals surface area contributed by atoms with Gasteiger partial charge in [-0.25, -0.2) is 4.79 Å². The Morgan fingerprint density at radius 1 is 0.964 bits per heavy atom. The van der Waals surface area contributed by atoms with Crippen molar-refractivity contribution in [3.05, 3.63) is 92.8 Å². The smallest absolute Gasteiger partial charge is 0.360 e. The minimum absolute atomic E-state index is 0.0701. The third kappa shape index (κ3) is 3.65. The molecule has 0 aliphatic rings. The lowest BCUT2D eigenvalue weighted by Gasteiger charge is -2.06. The lowest BCUT2D eigenvalue weighted by Crippen LogP contribution is -2.15. The topological polar surface area (TPSA) is 59.3 Å². The van der Waals surface area contributed by atoms with Crippen molar-refractivity contribution in [2.45, 2.75) is 0 Å². The molecular formula is C22H13Cl2NO3. The fourth-order valence-corrected chi connectivity index (χ4v) is 3.41. The monoisotopic (exact) mass is 409 g/mol. The standard InChI is InChI=1S/C22H13Cl2NO3/c23-15-8-5-14(18(24)11-15)7-10-21(26)25-19-12-17-16-4-2-1-3-13(16)6-9-20(17)28-22(19)27/h1-12H,(H,25,26)/b10-7+. The lowest BCUT2D eigenvalue weighted by molar-refractivity contribution is -0.111. The fraction of sp³-hybridized carbons (Fsp3) is 0. The fourth-order valence-electron chi connectivity index (χ4n) is 2.94. The van der Waals surface area contributed by atoms with Crippen LogP contribution in [0, 0.1) is 0 Å². The van der Waals surface area contributed by atoms with Crippen molar-refractivity contribution in [2.75, 3.05) is 5.32 Å². The summed E-state index contributed by atoms with van der Waals surface area (Å²) < 4.78 is 5.37. The van der Waals surface area contributed by atoms with Gasteiger partial charge in [0.15, 0.2) is 0 Å². The quantitative estimate of drug-likeness (QED) is 0.260. The first-order valence-corrected chi connectivity index (χ1v) is 9.16. The molecule has 0 aliphatic heterocycles. The summed E-state index contributed by atoms with van der Waals surface area (Å²) in [4.78, 5) is 24.5. The van der Waals surface area contributed by atoms with E-state index in [-0.39, 0.29) is 5.69 Å². The van der Waals surface area contributed by atoms with E-state index in [9.17, 15) is 9.59 Å². The predicted molar refractivity (Wildman–Crippen MR) is 114 cm³/mol. The molecule has 0 unspecified atom stereocenters. The second kappa shape index (κ2) is 7.50. The first kappa shape index (κ1) is 18.3. The summed E-state index contributed by atoms with van der Waals surface area (Å²) in [7, 11) is 0. The molecule has 0 fully saturated rings. The number of halogens is 2. The summed E-state index contributed by atoms with van der Waals surface area (Å²) in [6.45, 7) is 0. The number of carbonyl (C=O) groups is 1. The van der Waals surface area contributed by atoms with E-state index < -0.39 is 11.5 Å². The number of hydrogen-bond donors (Lipinski definition) is 1. The van der Waals surface area contributed by atoms with Crippen LogP contribution in [0.4, 0.5) is 5.69 Å². The molecule has 0 bridgehead atoms. The molecule has 0 saturated heterocycles. The van der Waals surface area contributed by atoms with Crippen LogP contribution in [0.1, 0.15) is 5.56 Å². The number of benzene rings is 3. The maximum absolute atomic E-state index is 12.3. The van der Waals surface area contributed by atoms with Crippen molar-refractivity contribution in [1.29, 1.82) is 0 Å². The van der Waals surface area contributed by atoms with Crippen molar-refractivity contribution in [2.24, 2.45) is 0 Å². The molecule has 0 aliphatic carbocycles. The van der Waals surface area contributed by atoms with Crippen molar-refractivity contribution in [3.63, 3.8) is 0 Å². The SMILES string of the molecule is O=C(/C=C/c1ccc(Cl)cc1Cl)Nc1cc2c(ccc3ccccc32)oc1=O. The zero-order valence-corrected chi connectivity index (χ0v) is 15.9. The Labute approximate surface area is 170 Å². The van der Waals surface area contributed by atoms with E-state index in [1.54, 1.807) is 36.4 Å². The molecule has 138 valence electrons. The summed E-state index contributed by atoms with van der Waals surface area (Å²) in [5.41, 5.74) is 0.553. The van der Waals surface area contributed by atoms with Crippen molar-refractivity contribution in [3.8, 4) is 0 Å². The Kier molecular flexibility index (Phi) is 4.90. The third-order valence-corrected chi connectivity index (χ3v) is 4.84. The molecule has 6 heteroatoms. The number of anilines is 1. The Hall–Kier alpha value is -3.08. The van der Waals surface area contributed by atoms with Gasteiger partial charge in [0.2, 0.25) is 5.91 Å². The number of fused-ring (bicyclic) bond motifs is 3. The predicted octanol–water partition coefficient (Wildman–Crippen LogP) is 5.90. The summed E-state index contributed by atoms with van der Waals surface area (Å²) in [6, 6.07) is 18.0. The van der Waals surface area contributed by atoms with Crippen molar-refractivity contribution >= 4 is 62.6 Å². The van der Waals surface area contributed by atoms with Crippen LogP contribution in [0.5, 0.6) is 0 Å². The van der Waals surface area contributed by atoms with Gasteiger partial charge in [-0.05, 0) is 46.7 Å². The molecule has 28 heavy (non-hydrogen) atoms. The molecule has 1 heterocycles. The van der Waals surface area contributed by atoms with Gasteiger partial charge in [-0.2, -0.15) is 0 Å². The largest absolute Gasteiger partial charge is 0.421 e. The van der Waals surface area contributed by atoms with E-state index in [1.165, 1.54) is 6.08 Å². The van der Waals surface area contributed by atoms with Crippen LogP contribution in [-0.2, 0) is 4.79 Å². The molecule has 3 aromatic carbocycles. The van der Waals surface area contributed by atoms with Gasteiger partial charge in [-0.15, -0.1) is 0 Å². The number of hydrogen-bond acceptors (Lipinski definition) is 3. The first-order valence-electron chi connectivity index (χ1n) is 8.41. The van der Waals surface area contributed by atoms with E-state index in [0.717, 1.165) is 16.2 Å². The maximum Gasteiger partial charge on any atom is 0.360 e. The van der Waals surface area contributed by atoms with Crippen LogP contribution in [0.2, 0.25) is 10.0 Å². The molecular weight excluding hydrogens is 397 g/mol. The van der Waals surface area contributed by atoms with Gasteiger partial charge >= 0.3 is 5.63 Å². The van der Waals surface area contributed by atoms with Crippen LogP contribution in [0.3, 0.4) is 0 Å². The highest BCUT2D eigenvalue weighted by atomic mass is 35.5. The molecule has 0 radical (unpaired) electrons. The number of amides is 1. The molecule has 0 spiro atoms. The first-order chi connectivity index (χ1) is 13.5. The number of carbonyl (C=O) groups excluding carboxylic acids is 1. The van der Waals surface area contributed by atoms with Gasteiger partial charge in [0.25, 0.3) is 0 Å². The van der Waals surface area contributed by atoms with Gasteiger partial charge in [0.05, 0.1) is 0 Å². The lowest BCUT2D eigenvalue weighted by atomic mass is 10.1. The van der Waals surface area contributed by atoms with Crippen LogP contribution < -0.4 is 10.9 Å². The van der Waals surface area contributed by atoms with E-state index in [4.69, 9.17) is 27.6 Å². The Balaban J connectivity index is 1.66. The van der Waals surface area contributed by atoms with Gasteiger partial charge in [-0.1, -0.05) is 59.6 Å². The second-order valence-electron chi connectivity index (χ2n) is 6.13. The van der Waals surface area contributed by atoms with Gasteiger partial charge in [0.1, 0.15) is 11.3 Å². The van der Waals surface area contributed by atoms with Crippen molar-refractivity contribution < 1.29 is 9.21 Å². The van der Waals surface area contributed by atoms with Gasteiger partial charge in [0, 0.05) is 21.5 Å². The van der Waals surface area contributed by atoms with Crippen LogP contribution in [-0.4, -0.2) is 5.91 Å². The highest BCUT2D eigenvalue weighted by Crippen LogP contribution is 2.26.